The average Bonchev–Trinajstić information content (AvgIpc) is 2.56. The van der Waals surface area contributed by atoms with Crippen molar-refractivity contribution in [2.24, 2.45) is 0 Å². The number of hydrogen-bond donors (Lipinski definition) is 0. The molecule has 1 atom stereocenters. The quantitative estimate of drug-likeness (QED) is 0.813. The fourth-order valence-electron chi connectivity index (χ4n) is 2.13. The zero-order valence-corrected chi connectivity index (χ0v) is 12.1. The number of rotatable bonds is 2. The highest BCUT2D eigenvalue weighted by Gasteiger charge is 2.17. The molecule has 1 aliphatic heterocycles. The lowest BCUT2D eigenvalue weighted by Gasteiger charge is -2.27. The van der Waals surface area contributed by atoms with Crippen LogP contribution >= 0.6 is 27.7 Å². The molecule has 0 bridgehead atoms. The molecule has 0 aliphatic carbocycles. The summed E-state index contributed by atoms with van der Waals surface area (Å²) in [5.41, 5.74) is 1.42. The molecular formula is C13H18BrNS. The van der Waals surface area contributed by atoms with Crippen molar-refractivity contribution in [1.82, 2.24) is 4.90 Å². The third-order valence-corrected chi connectivity index (χ3v) is 4.68. The van der Waals surface area contributed by atoms with Gasteiger partial charge >= 0.3 is 0 Å². The minimum Gasteiger partial charge on any atom is -0.296 e. The maximum atomic E-state index is 3.55. The van der Waals surface area contributed by atoms with E-state index in [0.29, 0.717) is 6.04 Å². The van der Waals surface area contributed by atoms with E-state index >= 15 is 0 Å². The van der Waals surface area contributed by atoms with E-state index in [1.807, 2.05) is 0 Å². The SMILES string of the molecule is CC(c1cccc(Br)c1)N1CCCSCC1. The third kappa shape index (κ3) is 3.25. The van der Waals surface area contributed by atoms with Crippen LogP contribution in [0.5, 0.6) is 0 Å². The Bertz CT molecular complexity index is 334. The highest BCUT2D eigenvalue weighted by molar-refractivity contribution is 9.10. The summed E-state index contributed by atoms with van der Waals surface area (Å²) in [4.78, 5) is 2.60. The zero-order chi connectivity index (χ0) is 11.4. The molecule has 1 aromatic carbocycles. The summed E-state index contributed by atoms with van der Waals surface area (Å²) in [6.07, 6.45) is 1.32. The summed E-state index contributed by atoms with van der Waals surface area (Å²) in [5.74, 6) is 2.60. The van der Waals surface area contributed by atoms with Crippen LogP contribution in [0, 0.1) is 0 Å². The van der Waals surface area contributed by atoms with Crippen LogP contribution in [0.4, 0.5) is 0 Å². The minimum atomic E-state index is 0.538. The van der Waals surface area contributed by atoms with E-state index < -0.39 is 0 Å². The molecule has 0 N–H and O–H groups in total. The van der Waals surface area contributed by atoms with Crippen LogP contribution in [0.25, 0.3) is 0 Å². The van der Waals surface area contributed by atoms with Crippen LogP contribution in [-0.2, 0) is 0 Å². The van der Waals surface area contributed by atoms with Gasteiger partial charge < -0.3 is 0 Å². The van der Waals surface area contributed by atoms with E-state index in [4.69, 9.17) is 0 Å². The largest absolute Gasteiger partial charge is 0.296 e. The third-order valence-electron chi connectivity index (χ3n) is 3.14. The molecule has 0 saturated carbocycles. The van der Waals surface area contributed by atoms with Crippen LogP contribution in [0.3, 0.4) is 0 Å². The first-order valence-electron chi connectivity index (χ1n) is 5.84. The lowest BCUT2D eigenvalue weighted by atomic mass is 10.1. The lowest BCUT2D eigenvalue weighted by molar-refractivity contribution is 0.228. The van der Waals surface area contributed by atoms with Gasteiger partial charge in [0.25, 0.3) is 0 Å². The Morgan fingerprint density at radius 3 is 3.00 bits per heavy atom. The van der Waals surface area contributed by atoms with Crippen LogP contribution in [0.1, 0.15) is 24.9 Å². The molecule has 1 unspecified atom stereocenters. The van der Waals surface area contributed by atoms with Crippen molar-refractivity contribution in [2.45, 2.75) is 19.4 Å². The topological polar surface area (TPSA) is 3.24 Å². The first kappa shape index (κ1) is 12.5. The van der Waals surface area contributed by atoms with E-state index in [9.17, 15) is 0 Å². The fraction of sp³-hybridized carbons (Fsp3) is 0.538. The molecule has 1 aliphatic rings. The minimum absolute atomic E-state index is 0.538. The Balaban J connectivity index is 2.07. The number of hydrogen-bond acceptors (Lipinski definition) is 2. The molecule has 1 fully saturated rings. The van der Waals surface area contributed by atoms with Crippen molar-refractivity contribution >= 4 is 27.7 Å². The fourth-order valence-corrected chi connectivity index (χ4v) is 3.45. The molecule has 16 heavy (non-hydrogen) atoms. The van der Waals surface area contributed by atoms with Crippen LogP contribution in [0.15, 0.2) is 28.7 Å². The van der Waals surface area contributed by atoms with Gasteiger partial charge in [-0.15, -0.1) is 0 Å². The maximum absolute atomic E-state index is 3.55. The van der Waals surface area contributed by atoms with Gasteiger partial charge in [0.05, 0.1) is 0 Å². The molecule has 1 saturated heterocycles. The molecule has 0 aromatic heterocycles. The monoisotopic (exact) mass is 299 g/mol. The normalized spacial score (nSPS) is 20.4. The summed E-state index contributed by atoms with van der Waals surface area (Å²) in [6.45, 7) is 4.77. The van der Waals surface area contributed by atoms with E-state index in [1.165, 1.54) is 41.1 Å². The highest BCUT2D eigenvalue weighted by Crippen LogP contribution is 2.25. The van der Waals surface area contributed by atoms with Crippen molar-refractivity contribution in [3.8, 4) is 0 Å². The van der Waals surface area contributed by atoms with Crippen molar-refractivity contribution < 1.29 is 0 Å². The van der Waals surface area contributed by atoms with Gasteiger partial charge in [0.1, 0.15) is 0 Å². The van der Waals surface area contributed by atoms with E-state index in [0.717, 1.165) is 0 Å². The predicted octanol–water partition coefficient (Wildman–Crippen LogP) is 3.95. The summed E-state index contributed by atoms with van der Waals surface area (Å²) in [5, 5.41) is 0. The predicted molar refractivity (Wildman–Crippen MR) is 76.1 cm³/mol. The second-order valence-electron chi connectivity index (χ2n) is 4.23. The Morgan fingerprint density at radius 1 is 1.31 bits per heavy atom. The second-order valence-corrected chi connectivity index (χ2v) is 6.37. The Labute approximate surface area is 111 Å². The smallest absolute Gasteiger partial charge is 0.0320 e. The molecule has 88 valence electrons. The molecule has 1 nitrogen and oxygen atoms in total. The summed E-state index contributed by atoms with van der Waals surface area (Å²) < 4.78 is 1.18. The Hall–Kier alpha value is 0.01000. The van der Waals surface area contributed by atoms with Gasteiger partial charge in [-0.3, -0.25) is 4.90 Å². The van der Waals surface area contributed by atoms with Crippen molar-refractivity contribution in [1.29, 1.82) is 0 Å². The van der Waals surface area contributed by atoms with Gasteiger partial charge in [-0.05, 0) is 43.3 Å². The molecule has 1 heterocycles. The number of halogens is 1. The first-order valence-corrected chi connectivity index (χ1v) is 7.79. The second kappa shape index (κ2) is 6.08. The number of benzene rings is 1. The van der Waals surface area contributed by atoms with Gasteiger partial charge in [-0.1, -0.05) is 28.1 Å². The maximum Gasteiger partial charge on any atom is 0.0320 e. The van der Waals surface area contributed by atoms with Crippen molar-refractivity contribution in [3.05, 3.63) is 34.3 Å². The summed E-state index contributed by atoms with van der Waals surface area (Å²) in [7, 11) is 0. The van der Waals surface area contributed by atoms with Crippen LogP contribution in [-0.4, -0.2) is 29.5 Å². The highest BCUT2D eigenvalue weighted by atomic mass is 79.9. The van der Waals surface area contributed by atoms with Crippen molar-refractivity contribution in [2.75, 3.05) is 24.6 Å². The van der Waals surface area contributed by atoms with Gasteiger partial charge in [0.15, 0.2) is 0 Å². The summed E-state index contributed by atoms with van der Waals surface area (Å²) >= 11 is 5.63. The zero-order valence-electron chi connectivity index (χ0n) is 9.66. The number of thioether (sulfide) groups is 1. The average molecular weight is 300 g/mol. The van der Waals surface area contributed by atoms with Crippen molar-refractivity contribution in [3.63, 3.8) is 0 Å². The van der Waals surface area contributed by atoms with Crippen LogP contribution < -0.4 is 0 Å². The lowest BCUT2D eigenvalue weighted by Crippen LogP contribution is -2.29. The van der Waals surface area contributed by atoms with Gasteiger partial charge in [-0.2, -0.15) is 11.8 Å². The molecule has 0 spiro atoms. The van der Waals surface area contributed by atoms with Crippen LogP contribution in [0.2, 0.25) is 0 Å². The molecule has 2 rings (SSSR count). The molecule has 1 aromatic rings. The van der Waals surface area contributed by atoms with Gasteiger partial charge in [-0.25, -0.2) is 0 Å². The van der Waals surface area contributed by atoms with E-state index in [-0.39, 0.29) is 0 Å². The molecule has 0 radical (unpaired) electrons. The van der Waals surface area contributed by atoms with Gasteiger partial charge in [0.2, 0.25) is 0 Å². The standard InChI is InChI=1S/C13H18BrNS/c1-11(12-4-2-5-13(14)10-12)15-6-3-8-16-9-7-15/h2,4-5,10-11H,3,6-9H2,1H3. The molecule has 3 heteroatoms. The van der Waals surface area contributed by atoms with Gasteiger partial charge in [0, 0.05) is 22.8 Å². The Kier molecular flexibility index (Phi) is 4.74. The first-order chi connectivity index (χ1) is 7.77. The van der Waals surface area contributed by atoms with E-state index in [2.05, 4.69) is 63.8 Å². The molecular weight excluding hydrogens is 282 g/mol. The Morgan fingerprint density at radius 2 is 2.19 bits per heavy atom. The number of nitrogens with zero attached hydrogens (tertiary/aromatic N) is 1. The van der Waals surface area contributed by atoms with E-state index in [1.54, 1.807) is 0 Å². The molecule has 0 amide bonds. The summed E-state index contributed by atoms with van der Waals surface area (Å²) in [6, 6.07) is 9.23.